The van der Waals surface area contributed by atoms with E-state index in [2.05, 4.69) is 0 Å². The van der Waals surface area contributed by atoms with Crippen LogP contribution in [0.3, 0.4) is 0 Å². The Labute approximate surface area is 126 Å². The van der Waals surface area contributed by atoms with Crippen LogP contribution >= 0.6 is 0 Å². The molecule has 2 unspecified atom stereocenters. The van der Waals surface area contributed by atoms with Gasteiger partial charge in [-0.15, -0.1) is 0 Å². The Balaban J connectivity index is 2.48. The number of aryl methyl sites for hydroxylation is 2. The molecule has 21 heavy (non-hydrogen) atoms. The van der Waals surface area contributed by atoms with Crippen LogP contribution in [0, 0.1) is 13.8 Å². The molecular formula is C16H26O5. The van der Waals surface area contributed by atoms with Crippen molar-refractivity contribution >= 4 is 0 Å². The third kappa shape index (κ3) is 6.01. The Hall–Kier alpha value is -1.14. The maximum Gasteiger partial charge on any atom is 0.125 e. The SMILES string of the molecule is COCC(C)OCC(O)COc1c(C)cc(CO)cc1C. The molecule has 2 atom stereocenters. The second kappa shape index (κ2) is 9.00. The Morgan fingerprint density at radius 1 is 1.10 bits per heavy atom. The number of rotatable bonds is 9. The normalized spacial score (nSPS) is 14.0. The van der Waals surface area contributed by atoms with Crippen molar-refractivity contribution < 1.29 is 24.4 Å². The van der Waals surface area contributed by atoms with Gasteiger partial charge in [-0.25, -0.2) is 0 Å². The second-order valence-corrected chi connectivity index (χ2v) is 5.28. The van der Waals surface area contributed by atoms with E-state index in [9.17, 15) is 5.11 Å². The van der Waals surface area contributed by atoms with Crippen LogP contribution in [0.25, 0.3) is 0 Å². The van der Waals surface area contributed by atoms with Gasteiger partial charge >= 0.3 is 0 Å². The molecule has 0 fully saturated rings. The van der Waals surface area contributed by atoms with E-state index in [0.29, 0.717) is 6.61 Å². The number of ether oxygens (including phenoxy) is 3. The molecule has 5 heteroatoms. The largest absolute Gasteiger partial charge is 0.490 e. The summed E-state index contributed by atoms with van der Waals surface area (Å²) in [5.74, 6) is 0.746. The molecule has 0 saturated heterocycles. The van der Waals surface area contributed by atoms with Crippen molar-refractivity contribution in [3.63, 3.8) is 0 Å². The van der Waals surface area contributed by atoms with Crippen molar-refractivity contribution in [2.75, 3.05) is 26.9 Å². The average Bonchev–Trinajstić information content (AvgIpc) is 2.44. The number of aliphatic hydroxyl groups excluding tert-OH is 2. The summed E-state index contributed by atoms with van der Waals surface area (Å²) in [7, 11) is 1.61. The molecule has 0 saturated carbocycles. The fourth-order valence-electron chi connectivity index (χ4n) is 2.14. The van der Waals surface area contributed by atoms with Gasteiger partial charge in [-0.1, -0.05) is 12.1 Å². The summed E-state index contributed by atoms with van der Waals surface area (Å²) in [4.78, 5) is 0. The number of benzene rings is 1. The first-order chi connectivity index (χ1) is 9.97. The van der Waals surface area contributed by atoms with Gasteiger partial charge in [0.2, 0.25) is 0 Å². The van der Waals surface area contributed by atoms with E-state index in [-0.39, 0.29) is 25.9 Å². The molecular weight excluding hydrogens is 272 g/mol. The number of hydrogen-bond donors (Lipinski definition) is 2. The summed E-state index contributed by atoms with van der Waals surface area (Å²) in [5.41, 5.74) is 2.74. The third-order valence-electron chi connectivity index (χ3n) is 3.10. The van der Waals surface area contributed by atoms with Gasteiger partial charge in [-0.05, 0) is 37.5 Å². The molecule has 0 amide bonds. The number of hydrogen-bond acceptors (Lipinski definition) is 5. The fraction of sp³-hybridized carbons (Fsp3) is 0.625. The van der Waals surface area contributed by atoms with E-state index in [4.69, 9.17) is 19.3 Å². The first-order valence-corrected chi connectivity index (χ1v) is 7.10. The van der Waals surface area contributed by atoms with E-state index in [1.165, 1.54) is 0 Å². The second-order valence-electron chi connectivity index (χ2n) is 5.28. The fourth-order valence-corrected chi connectivity index (χ4v) is 2.14. The molecule has 0 aromatic heterocycles. The van der Waals surface area contributed by atoms with Crippen molar-refractivity contribution in [2.45, 2.75) is 39.6 Å². The molecule has 5 nitrogen and oxygen atoms in total. The first-order valence-electron chi connectivity index (χ1n) is 7.10. The zero-order valence-electron chi connectivity index (χ0n) is 13.3. The van der Waals surface area contributed by atoms with Crippen molar-refractivity contribution in [1.82, 2.24) is 0 Å². The highest BCUT2D eigenvalue weighted by Gasteiger charge is 2.12. The van der Waals surface area contributed by atoms with Crippen LogP contribution in [0.4, 0.5) is 0 Å². The molecule has 0 heterocycles. The molecule has 0 radical (unpaired) electrons. The lowest BCUT2D eigenvalue weighted by molar-refractivity contribution is -0.0424. The smallest absolute Gasteiger partial charge is 0.125 e. The molecule has 0 aliphatic carbocycles. The third-order valence-corrected chi connectivity index (χ3v) is 3.10. The highest BCUT2D eigenvalue weighted by molar-refractivity contribution is 5.43. The van der Waals surface area contributed by atoms with E-state index >= 15 is 0 Å². The first kappa shape index (κ1) is 17.9. The molecule has 0 aliphatic heterocycles. The summed E-state index contributed by atoms with van der Waals surface area (Å²) in [6.07, 6.45) is -0.752. The van der Waals surface area contributed by atoms with E-state index in [1.54, 1.807) is 7.11 Å². The van der Waals surface area contributed by atoms with Crippen LogP contribution in [0.5, 0.6) is 5.75 Å². The van der Waals surface area contributed by atoms with Gasteiger partial charge in [-0.2, -0.15) is 0 Å². The molecule has 0 spiro atoms. The minimum atomic E-state index is -0.694. The summed E-state index contributed by atoms with van der Waals surface area (Å²) < 4.78 is 16.1. The zero-order valence-corrected chi connectivity index (χ0v) is 13.3. The van der Waals surface area contributed by atoms with Crippen LogP contribution < -0.4 is 4.74 Å². The van der Waals surface area contributed by atoms with Gasteiger partial charge in [0.25, 0.3) is 0 Å². The van der Waals surface area contributed by atoms with Crippen molar-refractivity contribution in [1.29, 1.82) is 0 Å². The van der Waals surface area contributed by atoms with Crippen LogP contribution in [-0.2, 0) is 16.1 Å². The zero-order chi connectivity index (χ0) is 15.8. The summed E-state index contributed by atoms with van der Waals surface area (Å²) >= 11 is 0. The standard InChI is InChI=1S/C16H26O5/c1-11-5-14(7-17)6-12(2)16(11)21-10-15(18)9-20-13(3)8-19-4/h5-6,13,15,17-18H,7-10H2,1-4H3. The van der Waals surface area contributed by atoms with Crippen molar-refractivity contribution in [3.8, 4) is 5.75 Å². The maximum atomic E-state index is 9.88. The quantitative estimate of drug-likeness (QED) is 0.724. The summed E-state index contributed by atoms with van der Waals surface area (Å²) in [5, 5.41) is 19.0. The molecule has 1 rings (SSSR count). The Morgan fingerprint density at radius 2 is 1.71 bits per heavy atom. The topological polar surface area (TPSA) is 68.2 Å². The van der Waals surface area contributed by atoms with Crippen molar-refractivity contribution in [2.24, 2.45) is 0 Å². The average molecular weight is 298 g/mol. The number of aliphatic hydroxyl groups is 2. The molecule has 120 valence electrons. The highest BCUT2D eigenvalue weighted by Crippen LogP contribution is 2.25. The van der Waals surface area contributed by atoms with Gasteiger partial charge in [0, 0.05) is 7.11 Å². The minimum Gasteiger partial charge on any atom is -0.490 e. The van der Waals surface area contributed by atoms with Gasteiger partial charge in [0.15, 0.2) is 0 Å². The van der Waals surface area contributed by atoms with Crippen LogP contribution in [0.15, 0.2) is 12.1 Å². The van der Waals surface area contributed by atoms with Crippen LogP contribution in [0.2, 0.25) is 0 Å². The van der Waals surface area contributed by atoms with Gasteiger partial charge in [0.1, 0.15) is 18.5 Å². The van der Waals surface area contributed by atoms with E-state index in [1.807, 2.05) is 32.9 Å². The Kier molecular flexibility index (Phi) is 7.67. The molecule has 0 bridgehead atoms. The maximum absolute atomic E-state index is 9.88. The molecule has 2 N–H and O–H groups in total. The van der Waals surface area contributed by atoms with Crippen LogP contribution in [-0.4, -0.2) is 49.4 Å². The molecule has 1 aromatic rings. The predicted octanol–water partition coefficient (Wildman–Crippen LogP) is 1.59. The van der Waals surface area contributed by atoms with Gasteiger partial charge in [0.05, 0.1) is 25.9 Å². The van der Waals surface area contributed by atoms with Gasteiger partial charge in [-0.3, -0.25) is 0 Å². The lowest BCUT2D eigenvalue weighted by atomic mass is 10.1. The van der Waals surface area contributed by atoms with E-state index < -0.39 is 6.10 Å². The highest BCUT2D eigenvalue weighted by atomic mass is 16.5. The summed E-state index contributed by atoms with van der Waals surface area (Å²) in [6.45, 7) is 6.61. The number of methoxy groups -OCH3 is 1. The Morgan fingerprint density at radius 3 is 2.24 bits per heavy atom. The molecule has 0 aliphatic rings. The molecule has 1 aromatic carbocycles. The Bertz CT molecular complexity index is 410. The minimum absolute atomic E-state index is 0.00974. The van der Waals surface area contributed by atoms with E-state index in [0.717, 1.165) is 22.4 Å². The van der Waals surface area contributed by atoms with Gasteiger partial charge < -0.3 is 24.4 Å². The predicted molar refractivity (Wildman–Crippen MR) is 80.6 cm³/mol. The van der Waals surface area contributed by atoms with Crippen LogP contribution in [0.1, 0.15) is 23.6 Å². The van der Waals surface area contributed by atoms with Crippen molar-refractivity contribution in [3.05, 3.63) is 28.8 Å². The lowest BCUT2D eigenvalue weighted by Crippen LogP contribution is -2.27. The monoisotopic (exact) mass is 298 g/mol. The summed E-state index contributed by atoms with van der Waals surface area (Å²) in [6, 6.07) is 3.76. The lowest BCUT2D eigenvalue weighted by Gasteiger charge is -2.18.